The average molecular weight is 145 g/mol. The zero-order valence-electron chi connectivity index (χ0n) is 6.21. The van der Waals surface area contributed by atoms with Crippen LogP contribution in [0.15, 0.2) is 36.9 Å². The molecule has 1 radical (unpaired) electrons. The lowest BCUT2D eigenvalue weighted by Gasteiger charge is -1.94. The lowest BCUT2D eigenvalue weighted by Crippen LogP contribution is -1.92. The van der Waals surface area contributed by atoms with E-state index in [4.69, 9.17) is 0 Å². The fourth-order valence-corrected chi connectivity index (χ4v) is 0.787. The van der Waals surface area contributed by atoms with Gasteiger partial charge >= 0.3 is 0 Å². The first-order chi connectivity index (χ1) is 5.24. The second-order valence-electron chi connectivity index (χ2n) is 2.27. The Labute approximate surface area is 66.4 Å². The van der Waals surface area contributed by atoms with E-state index in [9.17, 15) is 4.79 Å². The number of carbonyl (C=O) groups is 1. The van der Waals surface area contributed by atoms with Crippen LogP contribution in [0.2, 0.25) is 0 Å². The molecule has 1 nitrogen and oxygen atoms in total. The summed E-state index contributed by atoms with van der Waals surface area (Å²) in [5.74, 6) is -0.0509. The van der Waals surface area contributed by atoms with E-state index in [1.54, 1.807) is 24.3 Å². The lowest BCUT2D eigenvalue weighted by molar-refractivity contribution is 0.104. The summed E-state index contributed by atoms with van der Waals surface area (Å²) >= 11 is 0. The van der Waals surface area contributed by atoms with Crippen molar-refractivity contribution in [2.45, 2.75) is 0 Å². The van der Waals surface area contributed by atoms with Crippen LogP contribution < -0.4 is 0 Å². The van der Waals surface area contributed by atoms with Gasteiger partial charge in [0.1, 0.15) is 0 Å². The maximum atomic E-state index is 11.0. The molecule has 0 heterocycles. The molecule has 1 aromatic carbocycles. The standard InChI is InChI=1S/C10H9O/c1-3-10(11)9-6-4-8(2)5-7-9/h3-7H,1-2H2. The Hall–Kier alpha value is -1.37. The molecule has 1 aromatic rings. The van der Waals surface area contributed by atoms with Gasteiger partial charge < -0.3 is 0 Å². The van der Waals surface area contributed by atoms with Crippen molar-refractivity contribution in [3.05, 3.63) is 55.0 Å². The molecule has 0 saturated heterocycles. The van der Waals surface area contributed by atoms with Crippen LogP contribution in [-0.4, -0.2) is 5.78 Å². The van der Waals surface area contributed by atoms with Crippen LogP contribution >= 0.6 is 0 Å². The van der Waals surface area contributed by atoms with Crippen molar-refractivity contribution >= 4 is 5.78 Å². The Morgan fingerprint density at radius 1 is 1.27 bits per heavy atom. The average Bonchev–Trinajstić information content (AvgIpc) is 2.05. The van der Waals surface area contributed by atoms with Crippen molar-refractivity contribution in [2.75, 3.05) is 0 Å². The van der Waals surface area contributed by atoms with Gasteiger partial charge in [0.25, 0.3) is 0 Å². The van der Waals surface area contributed by atoms with Crippen molar-refractivity contribution < 1.29 is 4.79 Å². The molecule has 1 rings (SSSR count). The van der Waals surface area contributed by atoms with Crippen molar-refractivity contribution in [1.82, 2.24) is 0 Å². The van der Waals surface area contributed by atoms with E-state index in [-0.39, 0.29) is 5.78 Å². The monoisotopic (exact) mass is 145 g/mol. The molecule has 0 atom stereocenters. The van der Waals surface area contributed by atoms with Crippen LogP contribution in [0.3, 0.4) is 0 Å². The molecule has 0 aliphatic rings. The Morgan fingerprint density at radius 3 is 2.27 bits per heavy atom. The zero-order chi connectivity index (χ0) is 8.27. The Balaban J connectivity index is 2.98. The van der Waals surface area contributed by atoms with Gasteiger partial charge in [0, 0.05) is 5.56 Å². The Bertz CT molecular complexity index is 269. The first-order valence-electron chi connectivity index (χ1n) is 3.33. The van der Waals surface area contributed by atoms with Crippen molar-refractivity contribution in [3.63, 3.8) is 0 Å². The maximum absolute atomic E-state index is 11.0. The highest BCUT2D eigenvalue weighted by Gasteiger charge is 1.97. The van der Waals surface area contributed by atoms with Crippen LogP contribution in [0, 0.1) is 6.92 Å². The van der Waals surface area contributed by atoms with Gasteiger partial charge in [0.2, 0.25) is 0 Å². The van der Waals surface area contributed by atoms with E-state index >= 15 is 0 Å². The third-order valence-corrected chi connectivity index (χ3v) is 1.42. The minimum atomic E-state index is -0.0509. The van der Waals surface area contributed by atoms with Gasteiger partial charge in [-0.25, -0.2) is 0 Å². The first kappa shape index (κ1) is 7.73. The summed E-state index contributed by atoms with van der Waals surface area (Å²) in [6, 6.07) is 7.09. The number of carbonyl (C=O) groups excluding carboxylic acids is 1. The van der Waals surface area contributed by atoms with Crippen LogP contribution in [0.25, 0.3) is 0 Å². The van der Waals surface area contributed by atoms with Gasteiger partial charge in [-0.15, -0.1) is 0 Å². The molecule has 0 aromatic heterocycles. The summed E-state index contributed by atoms with van der Waals surface area (Å²) in [6.07, 6.45) is 1.30. The van der Waals surface area contributed by atoms with Gasteiger partial charge in [0.15, 0.2) is 5.78 Å². The molecule has 0 amide bonds. The van der Waals surface area contributed by atoms with E-state index in [2.05, 4.69) is 13.5 Å². The molecule has 0 unspecified atom stereocenters. The summed E-state index contributed by atoms with van der Waals surface area (Å²) in [6.45, 7) is 7.10. The fourth-order valence-electron chi connectivity index (χ4n) is 0.787. The second-order valence-corrected chi connectivity index (χ2v) is 2.27. The predicted molar refractivity (Wildman–Crippen MR) is 45.4 cm³/mol. The van der Waals surface area contributed by atoms with Gasteiger partial charge in [-0.2, -0.15) is 0 Å². The highest BCUT2D eigenvalue weighted by atomic mass is 16.1. The molecule has 11 heavy (non-hydrogen) atoms. The highest BCUT2D eigenvalue weighted by molar-refractivity contribution is 6.04. The molecular formula is C10H9O. The molecule has 0 saturated carbocycles. The molecular weight excluding hydrogens is 136 g/mol. The number of rotatable bonds is 2. The second kappa shape index (κ2) is 3.15. The predicted octanol–water partition coefficient (Wildman–Crippen LogP) is 2.24. The number of ketones is 1. The van der Waals surface area contributed by atoms with Crippen molar-refractivity contribution in [2.24, 2.45) is 0 Å². The molecule has 55 valence electrons. The van der Waals surface area contributed by atoms with Crippen LogP contribution in [0.1, 0.15) is 15.9 Å². The van der Waals surface area contributed by atoms with E-state index in [1.165, 1.54) is 6.08 Å². The minimum Gasteiger partial charge on any atom is -0.289 e. The first-order valence-corrected chi connectivity index (χ1v) is 3.33. The molecule has 0 N–H and O–H groups in total. The van der Waals surface area contributed by atoms with Crippen LogP contribution in [-0.2, 0) is 0 Å². The summed E-state index contributed by atoms with van der Waals surface area (Å²) in [4.78, 5) is 11.0. The molecule has 0 aliphatic heterocycles. The van der Waals surface area contributed by atoms with Gasteiger partial charge in [-0.05, 0) is 18.6 Å². The number of hydrogen-bond acceptors (Lipinski definition) is 1. The van der Waals surface area contributed by atoms with E-state index in [0.29, 0.717) is 5.56 Å². The van der Waals surface area contributed by atoms with Crippen molar-refractivity contribution in [1.29, 1.82) is 0 Å². The summed E-state index contributed by atoms with van der Waals surface area (Å²) < 4.78 is 0. The van der Waals surface area contributed by atoms with Gasteiger partial charge in [0.05, 0.1) is 0 Å². The molecule has 0 bridgehead atoms. The van der Waals surface area contributed by atoms with Gasteiger partial charge in [-0.1, -0.05) is 30.8 Å². The normalized spacial score (nSPS) is 9.18. The number of hydrogen-bond donors (Lipinski definition) is 0. The Kier molecular flexibility index (Phi) is 2.21. The number of benzene rings is 1. The molecule has 0 spiro atoms. The van der Waals surface area contributed by atoms with Gasteiger partial charge in [-0.3, -0.25) is 4.79 Å². The maximum Gasteiger partial charge on any atom is 0.185 e. The van der Waals surface area contributed by atoms with Crippen molar-refractivity contribution in [3.8, 4) is 0 Å². The van der Waals surface area contributed by atoms with Crippen LogP contribution in [0.4, 0.5) is 0 Å². The minimum absolute atomic E-state index is 0.0509. The molecule has 0 fully saturated rings. The summed E-state index contributed by atoms with van der Waals surface area (Å²) in [5, 5.41) is 0. The largest absolute Gasteiger partial charge is 0.289 e. The topological polar surface area (TPSA) is 17.1 Å². The molecule has 1 heteroatoms. The summed E-state index contributed by atoms with van der Waals surface area (Å²) in [7, 11) is 0. The van der Waals surface area contributed by atoms with E-state index < -0.39 is 0 Å². The van der Waals surface area contributed by atoms with E-state index in [1.807, 2.05) is 0 Å². The summed E-state index contributed by atoms with van der Waals surface area (Å²) in [5.41, 5.74) is 1.57. The zero-order valence-corrected chi connectivity index (χ0v) is 6.21. The SMILES string of the molecule is [CH2]c1ccc(C(=O)C=C)cc1. The molecule has 0 aliphatic carbocycles. The lowest BCUT2D eigenvalue weighted by atomic mass is 10.1. The van der Waals surface area contributed by atoms with Crippen LogP contribution in [0.5, 0.6) is 0 Å². The fraction of sp³-hybridized carbons (Fsp3) is 0. The third-order valence-electron chi connectivity index (χ3n) is 1.42. The highest BCUT2D eigenvalue weighted by Crippen LogP contribution is 2.03. The Morgan fingerprint density at radius 2 is 1.82 bits per heavy atom. The smallest absolute Gasteiger partial charge is 0.185 e. The number of allylic oxidation sites excluding steroid dienone is 1. The third kappa shape index (κ3) is 1.77. The quantitative estimate of drug-likeness (QED) is 0.460. The van der Waals surface area contributed by atoms with E-state index in [0.717, 1.165) is 5.56 Å².